The number of rotatable bonds is 6. The summed E-state index contributed by atoms with van der Waals surface area (Å²) in [5, 5.41) is 1.86. The Labute approximate surface area is 222 Å². The van der Waals surface area contributed by atoms with Crippen LogP contribution >= 0.6 is 11.6 Å². The van der Waals surface area contributed by atoms with Crippen molar-refractivity contribution in [1.29, 1.82) is 0 Å². The standard InChI is InChI=1S/C26H28ClF4N5O2/c1-3-34-9-4-10-35(12-11-34)18-6-8-22-19(14-18)25(38)36(15-23(37)32-16(2)26(29,30)31)24(33-22)17-5-7-21(28)20(27)13-17/h5-8,13-14,16H,3-4,9-12,15H2,1-2H3,(H,32,37)/t16-/m1/s1. The van der Waals surface area contributed by atoms with E-state index in [0.717, 1.165) is 62.4 Å². The first-order chi connectivity index (χ1) is 18.0. The second kappa shape index (κ2) is 11.3. The topological polar surface area (TPSA) is 70.5 Å². The summed E-state index contributed by atoms with van der Waals surface area (Å²) in [6.45, 7) is 6.57. The summed E-state index contributed by atoms with van der Waals surface area (Å²) in [6, 6.07) is 6.82. The third-order valence-electron chi connectivity index (χ3n) is 6.69. The van der Waals surface area contributed by atoms with Crippen LogP contribution in [0.3, 0.4) is 0 Å². The predicted octanol–water partition coefficient (Wildman–Crippen LogP) is 4.46. The highest BCUT2D eigenvalue weighted by molar-refractivity contribution is 6.31. The van der Waals surface area contributed by atoms with Gasteiger partial charge in [-0.05, 0) is 62.8 Å². The Kier molecular flexibility index (Phi) is 8.27. The first-order valence-electron chi connectivity index (χ1n) is 12.3. The van der Waals surface area contributed by atoms with E-state index >= 15 is 0 Å². The van der Waals surface area contributed by atoms with Crippen LogP contribution in [0.5, 0.6) is 0 Å². The summed E-state index contributed by atoms with van der Waals surface area (Å²) in [7, 11) is 0. The maximum Gasteiger partial charge on any atom is 0.408 e. The molecule has 1 aliphatic heterocycles. The number of likely N-dealkylation sites (N-methyl/N-ethyl adjacent to an activating group) is 1. The fraction of sp³-hybridized carbons (Fsp3) is 0.423. The average molecular weight is 554 g/mol. The smallest absolute Gasteiger partial charge is 0.370 e. The van der Waals surface area contributed by atoms with Crippen molar-refractivity contribution in [3.63, 3.8) is 0 Å². The van der Waals surface area contributed by atoms with E-state index in [2.05, 4.69) is 21.7 Å². The highest BCUT2D eigenvalue weighted by Gasteiger charge is 2.37. The summed E-state index contributed by atoms with van der Waals surface area (Å²) in [4.78, 5) is 35.3. The number of fused-ring (bicyclic) bond motifs is 1. The van der Waals surface area contributed by atoms with Gasteiger partial charge in [-0.2, -0.15) is 13.2 Å². The Morgan fingerprint density at radius 3 is 2.58 bits per heavy atom. The van der Waals surface area contributed by atoms with Gasteiger partial charge in [-0.15, -0.1) is 0 Å². The molecule has 2 aromatic carbocycles. The molecule has 1 N–H and O–H groups in total. The Morgan fingerprint density at radius 1 is 1.13 bits per heavy atom. The molecule has 0 unspecified atom stereocenters. The molecular formula is C26H28ClF4N5O2. The third-order valence-corrected chi connectivity index (χ3v) is 6.98. The number of halogens is 5. The molecule has 1 saturated heterocycles. The highest BCUT2D eigenvalue weighted by Crippen LogP contribution is 2.27. The van der Waals surface area contributed by atoms with Gasteiger partial charge < -0.3 is 15.1 Å². The van der Waals surface area contributed by atoms with Crippen molar-refractivity contribution in [2.75, 3.05) is 37.6 Å². The van der Waals surface area contributed by atoms with Crippen molar-refractivity contribution in [3.8, 4) is 11.4 Å². The molecule has 1 aliphatic rings. The van der Waals surface area contributed by atoms with E-state index in [9.17, 15) is 27.2 Å². The summed E-state index contributed by atoms with van der Waals surface area (Å²) in [5.74, 6) is -1.72. The summed E-state index contributed by atoms with van der Waals surface area (Å²) in [6.07, 6.45) is -3.69. The van der Waals surface area contributed by atoms with Crippen molar-refractivity contribution in [2.24, 2.45) is 0 Å². The minimum atomic E-state index is -4.65. The van der Waals surface area contributed by atoms with E-state index in [-0.39, 0.29) is 21.8 Å². The molecule has 1 atom stereocenters. The number of carbonyl (C=O) groups excluding carboxylic acids is 1. The molecule has 0 spiro atoms. The largest absolute Gasteiger partial charge is 0.408 e. The van der Waals surface area contributed by atoms with Crippen LogP contribution in [0, 0.1) is 5.82 Å². The molecule has 0 saturated carbocycles. The molecule has 2 heterocycles. The second-order valence-electron chi connectivity index (χ2n) is 9.26. The zero-order valence-corrected chi connectivity index (χ0v) is 21.7. The number of amides is 1. The average Bonchev–Trinajstić information content (AvgIpc) is 3.12. The lowest BCUT2D eigenvalue weighted by atomic mass is 10.1. The van der Waals surface area contributed by atoms with Crippen LogP contribution < -0.4 is 15.8 Å². The molecule has 1 fully saturated rings. The number of alkyl halides is 3. The molecule has 12 heteroatoms. The van der Waals surface area contributed by atoms with Crippen molar-refractivity contribution < 1.29 is 22.4 Å². The number of hydrogen-bond donors (Lipinski definition) is 1. The van der Waals surface area contributed by atoms with E-state index < -0.39 is 36.0 Å². The zero-order chi connectivity index (χ0) is 27.6. The molecule has 0 aliphatic carbocycles. The van der Waals surface area contributed by atoms with E-state index in [1.807, 2.05) is 11.4 Å². The van der Waals surface area contributed by atoms with E-state index in [1.54, 1.807) is 12.1 Å². The quantitative estimate of drug-likeness (QED) is 0.457. The number of aromatic nitrogens is 2. The van der Waals surface area contributed by atoms with Crippen LogP contribution in [-0.2, 0) is 11.3 Å². The first-order valence-corrected chi connectivity index (χ1v) is 12.7. The lowest BCUT2D eigenvalue weighted by Crippen LogP contribution is -2.45. The fourth-order valence-electron chi connectivity index (χ4n) is 4.47. The third kappa shape index (κ3) is 6.10. The van der Waals surface area contributed by atoms with Crippen molar-refractivity contribution in [2.45, 2.75) is 39.0 Å². The van der Waals surface area contributed by atoms with Crippen molar-refractivity contribution >= 4 is 34.1 Å². The number of hydrogen-bond acceptors (Lipinski definition) is 5. The molecule has 204 valence electrons. The van der Waals surface area contributed by atoms with Gasteiger partial charge in [0, 0.05) is 30.9 Å². The monoisotopic (exact) mass is 553 g/mol. The molecule has 38 heavy (non-hydrogen) atoms. The molecule has 0 bridgehead atoms. The normalized spacial score (nSPS) is 15.9. The first kappa shape index (κ1) is 27.8. The minimum Gasteiger partial charge on any atom is -0.370 e. The van der Waals surface area contributed by atoms with Crippen molar-refractivity contribution in [3.05, 3.63) is 57.6 Å². The predicted molar refractivity (Wildman–Crippen MR) is 139 cm³/mol. The molecule has 1 amide bonds. The van der Waals surface area contributed by atoms with Gasteiger partial charge in [0.1, 0.15) is 24.2 Å². The van der Waals surface area contributed by atoms with E-state index in [4.69, 9.17) is 11.6 Å². The van der Waals surface area contributed by atoms with Gasteiger partial charge in [0.25, 0.3) is 5.56 Å². The Balaban J connectivity index is 1.78. The number of benzene rings is 2. The van der Waals surface area contributed by atoms with Crippen LogP contribution in [-0.4, -0.2) is 65.3 Å². The molecule has 4 rings (SSSR count). The van der Waals surface area contributed by atoms with Crippen LogP contribution in [0.15, 0.2) is 41.2 Å². The van der Waals surface area contributed by atoms with Gasteiger partial charge in [-0.3, -0.25) is 14.2 Å². The van der Waals surface area contributed by atoms with E-state index in [1.165, 1.54) is 12.1 Å². The molecule has 3 aromatic rings. The Bertz CT molecular complexity index is 1390. The maximum atomic E-state index is 13.8. The fourth-order valence-corrected chi connectivity index (χ4v) is 4.65. The van der Waals surface area contributed by atoms with Gasteiger partial charge >= 0.3 is 6.18 Å². The number of nitrogens with zero attached hydrogens (tertiary/aromatic N) is 4. The minimum absolute atomic E-state index is 0.0136. The van der Waals surface area contributed by atoms with Gasteiger partial charge in [-0.25, -0.2) is 9.37 Å². The van der Waals surface area contributed by atoms with Gasteiger partial charge in [0.15, 0.2) is 0 Å². The number of carbonyl (C=O) groups is 1. The number of anilines is 1. The lowest BCUT2D eigenvalue weighted by Gasteiger charge is -2.24. The molecule has 7 nitrogen and oxygen atoms in total. The highest BCUT2D eigenvalue weighted by atomic mass is 35.5. The van der Waals surface area contributed by atoms with Crippen LogP contribution in [0.1, 0.15) is 20.3 Å². The van der Waals surface area contributed by atoms with E-state index in [0.29, 0.717) is 5.52 Å². The van der Waals surface area contributed by atoms with Gasteiger partial charge in [-0.1, -0.05) is 18.5 Å². The summed E-state index contributed by atoms with van der Waals surface area (Å²) >= 11 is 5.94. The number of nitrogens with one attached hydrogen (secondary N) is 1. The molecular weight excluding hydrogens is 526 g/mol. The van der Waals surface area contributed by atoms with Gasteiger partial charge in [0.05, 0.1) is 15.9 Å². The zero-order valence-electron chi connectivity index (χ0n) is 21.0. The molecule has 1 aromatic heterocycles. The Hall–Kier alpha value is -3.18. The summed E-state index contributed by atoms with van der Waals surface area (Å²) < 4.78 is 53.8. The SMILES string of the molecule is CCN1CCCN(c2ccc3nc(-c4ccc(F)c(Cl)c4)n(CC(=O)N[C@H](C)C(F)(F)F)c(=O)c3c2)CC1. The molecule has 0 radical (unpaired) electrons. The maximum absolute atomic E-state index is 13.8. The summed E-state index contributed by atoms with van der Waals surface area (Å²) in [5.41, 5.74) is 0.781. The second-order valence-corrected chi connectivity index (χ2v) is 9.67. The van der Waals surface area contributed by atoms with Crippen molar-refractivity contribution in [1.82, 2.24) is 19.8 Å². The lowest BCUT2D eigenvalue weighted by molar-refractivity contribution is -0.158. The van der Waals surface area contributed by atoms with Crippen LogP contribution in [0.4, 0.5) is 23.2 Å². The Morgan fingerprint density at radius 2 is 1.89 bits per heavy atom. The van der Waals surface area contributed by atoms with Crippen LogP contribution in [0.2, 0.25) is 5.02 Å². The van der Waals surface area contributed by atoms with Gasteiger partial charge in [0.2, 0.25) is 5.91 Å². The van der Waals surface area contributed by atoms with Crippen LogP contribution in [0.25, 0.3) is 22.3 Å².